The van der Waals surface area contributed by atoms with Crippen molar-refractivity contribution in [1.82, 2.24) is 14.6 Å². The van der Waals surface area contributed by atoms with E-state index in [2.05, 4.69) is 12.2 Å². The lowest BCUT2D eigenvalue weighted by Crippen LogP contribution is -2.37. The predicted molar refractivity (Wildman–Crippen MR) is 118 cm³/mol. The molecule has 0 unspecified atom stereocenters. The van der Waals surface area contributed by atoms with E-state index in [1.807, 2.05) is 0 Å². The fourth-order valence-electron chi connectivity index (χ4n) is 4.05. The van der Waals surface area contributed by atoms with E-state index in [9.17, 15) is 13.2 Å². The first-order valence-corrected chi connectivity index (χ1v) is 13.0. The van der Waals surface area contributed by atoms with Crippen LogP contribution in [0.2, 0.25) is 0 Å². The molecule has 4 rings (SSSR count). The Morgan fingerprint density at radius 3 is 2.57 bits per heavy atom. The van der Waals surface area contributed by atoms with E-state index >= 15 is 0 Å². The average Bonchev–Trinajstić information content (AvgIpc) is 3.17. The minimum atomic E-state index is -3.49. The summed E-state index contributed by atoms with van der Waals surface area (Å²) in [4.78, 5) is 18.8. The monoisotopic (exact) mass is 447 g/mol. The van der Waals surface area contributed by atoms with Gasteiger partial charge in [-0.1, -0.05) is 6.92 Å². The van der Waals surface area contributed by atoms with Crippen LogP contribution in [0.15, 0.2) is 29.2 Å². The van der Waals surface area contributed by atoms with Crippen LogP contribution in [0.1, 0.15) is 58.5 Å². The van der Waals surface area contributed by atoms with E-state index in [1.54, 1.807) is 27.8 Å². The highest BCUT2D eigenvalue weighted by Crippen LogP contribution is 2.27. The van der Waals surface area contributed by atoms with Crippen molar-refractivity contribution in [2.24, 2.45) is 5.92 Å². The Morgan fingerprint density at radius 1 is 1.17 bits per heavy atom. The zero-order chi connectivity index (χ0) is 21.1. The molecule has 0 bridgehead atoms. The number of carbonyl (C=O) groups is 1. The summed E-state index contributed by atoms with van der Waals surface area (Å²) in [5.41, 5.74) is 1.71. The molecule has 8 heteroatoms. The summed E-state index contributed by atoms with van der Waals surface area (Å²) in [6.45, 7) is 3.80. The lowest BCUT2D eigenvalue weighted by atomic mass is 10.0. The SMILES string of the molecule is CC1CCN(S(=O)(=O)c2ccc(C(=O)NCCc3nc4c(s3)CCCC4)cc2)CC1. The largest absolute Gasteiger partial charge is 0.352 e. The minimum Gasteiger partial charge on any atom is -0.352 e. The van der Waals surface area contributed by atoms with Crippen LogP contribution < -0.4 is 5.32 Å². The van der Waals surface area contributed by atoms with Crippen molar-refractivity contribution in [2.45, 2.75) is 56.8 Å². The van der Waals surface area contributed by atoms with Crippen molar-refractivity contribution in [1.29, 1.82) is 0 Å². The molecule has 1 aliphatic carbocycles. The van der Waals surface area contributed by atoms with Crippen LogP contribution in [0.5, 0.6) is 0 Å². The Hall–Kier alpha value is -1.77. The first-order chi connectivity index (χ1) is 14.4. The second-order valence-corrected chi connectivity index (χ2v) is 11.4. The van der Waals surface area contributed by atoms with Gasteiger partial charge in [0.1, 0.15) is 0 Å². The molecular weight excluding hydrogens is 418 g/mol. The highest BCUT2D eigenvalue weighted by Gasteiger charge is 2.28. The summed E-state index contributed by atoms with van der Waals surface area (Å²) < 4.78 is 27.2. The Labute approximate surface area is 182 Å². The van der Waals surface area contributed by atoms with Crippen molar-refractivity contribution >= 4 is 27.3 Å². The molecule has 30 heavy (non-hydrogen) atoms. The standard InChI is InChI=1S/C22H29N3O3S2/c1-16-11-14-25(15-12-16)30(27,28)18-8-6-17(7-9-18)22(26)23-13-10-21-24-19-4-2-3-5-20(19)29-21/h6-9,16H,2-5,10-15H2,1H3,(H,23,26). The number of piperidine rings is 1. The lowest BCUT2D eigenvalue weighted by Gasteiger charge is -2.29. The molecule has 1 fully saturated rings. The van der Waals surface area contributed by atoms with Crippen LogP contribution in [0.4, 0.5) is 0 Å². The van der Waals surface area contributed by atoms with Gasteiger partial charge >= 0.3 is 0 Å². The fraction of sp³-hybridized carbons (Fsp3) is 0.545. The van der Waals surface area contributed by atoms with Gasteiger partial charge in [-0.3, -0.25) is 4.79 Å². The first-order valence-electron chi connectivity index (χ1n) is 10.8. The number of nitrogens with zero attached hydrogens (tertiary/aromatic N) is 2. The molecule has 1 aromatic heterocycles. The van der Waals surface area contributed by atoms with E-state index in [-0.39, 0.29) is 10.8 Å². The summed E-state index contributed by atoms with van der Waals surface area (Å²) in [7, 11) is -3.49. The molecule has 2 aromatic rings. The minimum absolute atomic E-state index is 0.188. The summed E-state index contributed by atoms with van der Waals surface area (Å²) in [5.74, 6) is 0.379. The van der Waals surface area contributed by atoms with Crippen LogP contribution in [0, 0.1) is 5.92 Å². The van der Waals surface area contributed by atoms with Gasteiger partial charge in [0.05, 0.1) is 15.6 Å². The number of benzene rings is 1. The van der Waals surface area contributed by atoms with Gasteiger partial charge in [0.15, 0.2) is 0 Å². The van der Waals surface area contributed by atoms with Crippen LogP contribution in [0.25, 0.3) is 0 Å². The third kappa shape index (κ3) is 4.76. The highest BCUT2D eigenvalue weighted by molar-refractivity contribution is 7.89. The van der Waals surface area contributed by atoms with Gasteiger partial charge in [-0.2, -0.15) is 4.31 Å². The van der Waals surface area contributed by atoms with E-state index in [0.29, 0.717) is 31.1 Å². The molecule has 1 saturated heterocycles. The van der Waals surface area contributed by atoms with Crippen molar-refractivity contribution in [2.75, 3.05) is 19.6 Å². The van der Waals surface area contributed by atoms with E-state index in [1.165, 1.54) is 35.5 Å². The number of aromatic nitrogens is 1. The third-order valence-corrected chi connectivity index (χ3v) is 9.14. The van der Waals surface area contributed by atoms with Crippen molar-refractivity contribution in [3.63, 3.8) is 0 Å². The Bertz CT molecular complexity index is 968. The van der Waals surface area contributed by atoms with Crippen LogP contribution in [-0.4, -0.2) is 43.2 Å². The number of rotatable bonds is 6. The van der Waals surface area contributed by atoms with Gasteiger partial charge in [0.2, 0.25) is 10.0 Å². The molecule has 2 heterocycles. The maximum atomic E-state index is 12.8. The van der Waals surface area contributed by atoms with Crippen molar-refractivity contribution in [3.05, 3.63) is 45.4 Å². The molecule has 0 atom stereocenters. The summed E-state index contributed by atoms with van der Waals surface area (Å²) >= 11 is 1.77. The topological polar surface area (TPSA) is 79.4 Å². The van der Waals surface area contributed by atoms with Gasteiger partial charge in [0, 0.05) is 36.5 Å². The van der Waals surface area contributed by atoms with Crippen LogP contribution >= 0.6 is 11.3 Å². The second-order valence-electron chi connectivity index (χ2n) is 8.30. The zero-order valence-corrected chi connectivity index (χ0v) is 19.0. The summed E-state index contributed by atoms with van der Waals surface area (Å²) in [6, 6.07) is 6.27. The molecule has 0 radical (unpaired) electrons. The van der Waals surface area contributed by atoms with Gasteiger partial charge in [-0.15, -0.1) is 11.3 Å². The van der Waals surface area contributed by atoms with Crippen molar-refractivity contribution < 1.29 is 13.2 Å². The molecule has 1 amide bonds. The maximum absolute atomic E-state index is 12.8. The second kappa shape index (κ2) is 9.16. The van der Waals surface area contributed by atoms with Gasteiger partial charge in [0.25, 0.3) is 5.91 Å². The van der Waals surface area contributed by atoms with E-state index in [0.717, 1.165) is 37.1 Å². The maximum Gasteiger partial charge on any atom is 0.251 e. The summed E-state index contributed by atoms with van der Waals surface area (Å²) in [5, 5.41) is 4.00. The molecule has 162 valence electrons. The van der Waals surface area contributed by atoms with Gasteiger partial charge in [-0.25, -0.2) is 13.4 Å². The third-order valence-electron chi connectivity index (χ3n) is 6.01. The molecule has 0 saturated carbocycles. The number of fused-ring (bicyclic) bond motifs is 1. The number of hydrogen-bond acceptors (Lipinski definition) is 5. The zero-order valence-electron chi connectivity index (χ0n) is 17.4. The Balaban J connectivity index is 1.32. The predicted octanol–water partition coefficient (Wildman–Crippen LogP) is 3.42. The molecule has 1 N–H and O–H groups in total. The molecule has 1 aromatic carbocycles. The molecule has 1 aliphatic heterocycles. The number of hydrogen-bond donors (Lipinski definition) is 1. The van der Waals surface area contributed by atoms with Gasteiger partial charge < -0.3 is 5.32 Å². The first kappa shape index (κ1) is 21.5. The molecule has 6 nitrogen and oxygen atoms in total. The smallest absolute Gasteiger partial charge is 0.251 e. The number of sulfonamides is 1. The highest BCUT2D eigenvalue weighted by atomic mass is 32.2. The van der Waals surface area contributed by atoms with E-state index in [4.69, 9.17) is 4.98 Å². The molecular formula is C22H29N3O3S2. The van der Waals surface area contributed by atoms with Gasteiger partial charge in [-0.05, 0) is 68.7 Å². The summed E-state index contributed by atoms with van der Waals surface area (Å²) in [6.07, 6.45) is 7.17. The number of carbonyl (C=O) groups excluding carboxylic acids is 1. The van der Waals surface area contributed by atoms with Crippen LogP contribution in [0.3, 0.4) is 0 Å². The van der Waals surface area contributed by atoms with E-state index < -0.39 is 10.0 Å². The number of thiazole rings is 1. The normalized spacial score (nSPS) is 18.2. The Kier molecular flexibility index (Phi) is 6.55. The number of amides is 1. The quantitative estimate of drug-likeness (QED) is 0.736. The van der Waals surface area contributed by atoms with Crippen molar-refractivity contribution in [3.8, 4) is 0 Å². The lowest BCUT2D eigenvalue weighted by molar-refractivity contribution is 0.0954. The Morgan fingerprint density at radius 2 is 1.87 bits per heavy atom. The average molecular weight is 448 g/mol. The fourth-order valence-corrected chi connectivity index (χ4v) is 6.68. The molecule has 0 spiro atoms. The molecule has 2 aliphatic rings. The number of nitrogens with one attached hydrogen (secondary N) is 1. The van der Waals surface area contributed by atoms with Crippen LogP contribution in [-0.2, 0) is 29.3 Å². The number of aryl methyl sites for hydroxylation is 2.